The Kier molecular flexibility index (Phi) is 5.21. The smallest absolute Gasteiger partial charge is 0.319 e. The van der Waals surface area contributed by atoms with Gasteiger partial charge in [-0.2, -0.15) is 0 Å². The minimum absolute atomic E-state index is 0.0416. The van der Waals surface area contributed by atoms with Crippen molar-refractivity contribution in [3.8, 4) is 0 Å². The average molecular weight is 344 g/mol. The highest BCUT2D eigenvalue weighted by Gasteiger charge is 2.30. The summed E-state index contributed by atoms with van der Waals surface area (Å²) in [6, 6.07) is 6.64. The first-order valence-electron chi connectivity index (χ1n) is 8.79. The van der Waals surface area contributed by atoms with E-state index in [4.69, 9.17) is 5.73 Å². The molecule has 2 heterocycles. The van der Waals surface area contributed by atoms with Gasteiger partial charge in [-0.15, -0.1) is 0 Å². The highest BCUT2D eigenvalue weighted by atomic mass is 16.2. The SMILES string of the molecule is NC(=O)c1ccc(NC(=O)C2CCN(C(=O)N3CCCC3)CC2)cc1. The zero-order valence-electron chi connectivity index (χ0n) is 14.2. The summed E-state index contributed by atoms with van der Waals surface area (Å²) in [6.07, 6.45) is 3.51. The quantitative estimate of drug-likeness (QED) is 0.873. The number of likely N-dealkylation sites (tertiary alicyclic amines) is 2. The second kappa shape index (κ2) is 7.55. The molecule has 0 bridgehead atoms. The van der Waals surface area contributed by atoms with Crippen LogP contribution >= 0.6 is 0 Å². The lowest BCUT2D eigenvalue weighted by molar-refractivity contribution is -0.121. The predicted molar refractivity (Wildman–Crippen MR) is 94.1 cm³/mol. The van der Waals surface area contributed by atoms with Crippen molar-refractivity contribution in [1.29, 1.82) is 0 Å². The first-order valence-corrected chi connectivity index (χ1v) is 8.79. The maximum absolute atomic E-state index is 12.4. The third-order valence-corrected chi connectivity index (χ3v) is 4.95. The molecule has 2 aliphatic heterocycles. The van der Waals surface area contributed by atoms with E-state index in [9.17, 15) is 14.4 Å². The molecular weight excluding hydrogens is 320 g/mol. The summed E-state index contributed by atoms with van der Waals surface area (Å²) in [5.41, 5.74) is 6.26. The lowest BCUT2D eigenvalue weighted by Crippen LogP contribution is -2.47. The zero-order valence-corrected chi connectivity index (χ0v) is 14.2. The van der Waals surface area contributed by atoms with Crippen molar-refractivity contribution in [2.24, 2.45) is 11.7 Å². The van der Waals surface area contributed by atoms with E-state index in [2.05, 4.69) is 5.32 Å². The molecule has 0 unspecified atom stereocenters. The predicted octanol–water partition coefficient (Wildman–Crippen LogP) is 1.65. The summed E-state index contributed by atoms with van der Waals surface area (Å²) in [6.45, 7) is 2.93. The second-order valence-corrected chi connectivity index (χ2v) is 6.67. The normalized spacial score (nSPS) is 18.2. The van der Waals surface area contributed by atoms with Crippen LogP contribution in [0.1, 0.15) is 36.0 Å². The highest BCUT2D eigenvalue weighted by molar-refractivity contribution is 5.95. The number of hydrogen-bond donors (Lipinski definition) is 2. The molecule has 3 rings (SSSR count). The van der Waals surface area contributed by atoms with E-state index in [1.807, 2.05) is 9.80 Å². The number of urea groups is 1. The van der Waals surface area contributed by atoms with Gasteiger partial charge in [-0.25, -0.2) is 4.79 Å². The van der Waals surface area contributed by atoms with E-state index in [1.165, 1.54) is 0 Å². The molecule has 0 aliphatic carbocycles. The van der Waals surface area contributed by atoms with Crippen LogP contribution in [0.3, 0.4) is 0 Å². The van der Waals surface area contributed by atoms with Crippen molar-refractivity contribution in [3.05, 3.63) is 29.8 Å². The van der Waals surface area contributed by atoms with Crippen molar-refractivity contribution in [2.45, 2.75) is 25.7 Å². The van der Waals surface area contributed by atoms with Gasteiger partial charge in [0.25, 0.3) is 0 Å². The molecule has 3 N–H and O–H groups in total. The molecule has 7 nitrogen and oxygen atoms in total. The fourth-order valence-corrected chi connectivity index (χ4v) is 3.40. The van der Waals surface area contributed by atoms with E-state index in [0.717, 1.165) is 25.9 Å². The number of benzene rings is 1. The van der Waals surface area contributed by atoms with Crippen LogP contribution in [0.2, 0.25) is 0 Å². The van der Waals surface area contributed by atoms with Crippen molar-refractivity contribution in [3.63, 3.8) is 0 Å². The summed E-state index contributed by atoms with van der Waals surface area (Å²) in [5, 5.41) is 2.87. The molecule has 7 heteroatoms. The Hall–Kier alpha value is -2.57. The molecule has 0 saturated carbocycles. The van der Waals surface area contributed by atoms with Crippen LogP contribution in [0, 0.1) is 5.92 Å². The number of carbonyl (C=O) groups excluding carboxylic acids is 3. The molecular formula is C18H24N4O3. The zero-order chi connectivity index (χ0) is 17.8. The number of rotatable bonds is 3. The molecule has 0 atom stereocenters. The number of amides is 4. The highest BCUT2D eigenvalue weighted by Crippen LogP contribution is 2.22. The van der Waals surface area contributed by atoms with Crippen molar-refractivity contribution in [2.75, 3.05) is 31.5 Å². The van der Waals surface area contributed by atoms with Crippen LogP contribution in [-0.4, -0.2) is 53.8 Å². The Labute approximate surface area is 147 Å². The van der Waals surface area contributed by atoms with Crippen LogP contribution in [0.4, 0.5) is 10.5 Å². The Balaban J connectivity index is 1.49. The third kappa shape index (κ3) is 4.10. The molecule has 0 spiro atoms. The van der Waals surface area contributed by atoms with Crippen LogP contribution in [-0.2, 0) is 4.79 Å². The van der Waals surface area contributed by atoms with Gasteiger partial charge in [0.15, 0.2) is 0 Å². The van der Waals surface area contributed by atoms with E-state index in [1.54, 1.807) is 24.3 Å². The van der Waals surface area contributed by atoms with Gasteiger partial charge >= 0.3 is 6.03 Å². The number of nitrogens with one attached hydrogen (secondary N) is 1. The lowest BCUT2D eigenvalue weighted by atomic mass is 9.96. The number of nitrogens with two attached hydrogens (primary N) is 1. The Bertz CT molecular complexity index is 645. The molecule has 2 fully saturated rings. The molecule has 1 aromatic carbocycles. The summed E-state index contributed by atoms with van der Waals surface area (Å²) in [7, 11) is 0. The van der Waals surface area contributed by atoms with Gasteiger partial charge in [0.2, 0.25) is 11.8 Å². The standard InChI is InChI=1S/C18H24N4O3/c19-16(23)13-3-5-15(6-4-13)20-17(24)14-7-11-22(12-8-14)18(25)21-9-1-2-10-21/h3-6,14H,1-2,7-12H2,(H2,19,23)(H,20,24). The monoisotopic (exact) mass is 344 g/mol. The number of carbonyl (C=O) groups is 3. The van der Waals surface area contributed by atoms with Gasteiger partial charge in [-0.3, -0.25) is 9.59 Å². The number of nitrogens with zero attached hydrogens (tertiary/aromatic N) is 2. The maximum Gasteiger partial charge on any atom is 0.319 e. The molecule has 2 aliphatic rings. The van der Waals surface area contributed by atoms with Crippen molar-refractivity contribution in [1.82, 2.24) is 9.80 Å². The van der Waals surface area contributed by atoms with Gasteiger partial charge in [-0.1, -0.05) is 0 Å². The van der Waals surface area contributed by atoms with E-state index < -0.39 is 5.91 Å². The first kappa shape index (κ1) is 17.3. The minimum atomic E-state index is -0.493. The van der Waals surface area contributed by atoms with Crippen molar-refractivity contribution >= 4 is 23.5 Å². The molecule has 4 amide bonds. The maximum atomic E-state index is 12.4. The Morgan fingerprint density at radius 2 is 1.48 bits per heavy atom. The van der Waals surface area contributed by atoms with Gasteiger partial charge in [0.05, 0.1) is 0 Å². The number of anilines is 1. The summed E-state index contributed by atoms with van der Waals surface area (Å²) < 4.78 is 0. The molecule has 0 radical (unpaired) electrons. The molecule has 2 saturated heterocycles. The first-order chi connectivity index (χ1) is 12.0. The number of hydrogen-bond acceptors (Lipinski definition) is 3. The minimum Gasteiger partial charge on any atom is -0.366 e. The van der Waals surface area contributed by atoms with Gasteiger partial charge in [0, 0.05) is 43.3 Å². The fourth-order valence-electron chi connectivity index (χ4n) is 3.40. The molecule has 134 valence electrons. The van der Waals surface area contributed by atoms with Crippen LogP contribution in [0.25, 0.3) is 0 Å². The van der Waals surface area contributed by atoms with Crippen LogP contribution in [0.5, 0.6) is 0 Å². The van der Waals surface area contributed by atoms with Crippen molar-refractivity contribution < 1.29 is 14.4 Å². The number of piperidine rings is 1. The molecule has 0 aromatic heterocycles. The van der Waals surface area contributed by atoms with Gasteiger partial charge < -0.3 is 20.9 Å². The largest absolute Gasteiger partial charge is 0.366 e. The summed E-state index contributed by atoms with van der Waals surface area (Å²) >= 11 is 0. The van der Waals surface area contributed by atoms with Crippen LogP contribution in [0.15, 0.2) is 24.3 Å². The molecule has 1 aromatic rings. The van der Waals surface area contributed by atoms with Gasteiger partial charge in [-0.05, 0) is 49.9 Å². The number of primary amides is 1. The van der Waals surface area contributed by atoms with Crippen LogP contribution < -0.4 is 11.1 Å². The van der Waals surface area contributed by atoms with Gasteiger partial charge in [0.1, 0.15) is 0 Å². The summed E-state index contributed by atoms with van der Waals surface area (Å²) in [5.74, 6) is -0.633. The summed E-state index contributed by atoms with van der Waals surface area (Å²) in [4.78, 5) is 39.6. The van der Waals surface area contributed by atoms with E-state index in [0.29, 0.717) is 37.2 Å². The van der Waals surface area contributed by atoms with E-state index >= 15 is 0 Å². The topological polar surface area (TPSA) is 95.7 Å². The average Bonchev–Trinajstić information content (AvgIpc) is 3.16. The van der Waals surface area contributed by atoms with E-state index in [-0.39, 0.29) is 17.9 Å². The Morgan fingerprint density at radius 3 is 2.04 bits per heavy atom. The lowest BCUT2D eigenvalue weighted by Gasteiger charge is -2.34. The third-order valence-electron chi connectivity index (χ3n) is 4.95. The fraction of sp³-hybridized carbons (Fsp3) is 0.500. The Morgan fingerprint density at radius 1 is 0.920 bits per heavy atom. The molecule has 25 heavy (non-hydrogen) atoms. The second-order valence-electron chi connectivity index (χ2n) is 6.67.